The summed E-state index contributed by atoms with van der Waals surface area (Å²) in [6, 6.07) is 35.4. The van der Waals surface area contributed by atoms with Crippen LogP contribution in [0.4, 0.5) is 4.39 Å². The van der Waals surface area contributed by atoms with Crippen LogP contribution in [-0.4, -0.2) is 18.0 Å². The predicted octanol–water partition coefficient (Wildman–Crippen LogP) is 11.9. The van der Waals surface area contributed by atoms with Crippen LogP contribution in [0.2, 0.25) is 19.6 Å². The van der Waals surface area contributed by atoms with Gasteiger partial charge < -0.3 is 9.97 Å². The van der Waals surface area contributed by atoms with E-state index in [-0.39, 0.29) is 25.9 Å². The number of thiophene rings is 1. The van der Waals surface area contributed by atoms with E-state index in [1.165, 1.54) is 38.0 Å². The molecule has 257 valence electrons. The summed E-state index contributed by atoms with van der Waals surface area (Å²) in [4.78, 5) is 9.12. The molecule has 0 saturated heterocycles. The number of hydrogen-bond donors (Lipinski definition) is 0. The second-order valence-electron chi connectivity index (χ2n) is 14.4. The predicted molar refractivity (Wildman–Crippen MR) is 211 cm³/mol. The molecule has 3 heterocycles. The molecule has 0 fully saturated rings. The summed E-state index contributed by atoms with van der Waals surface area (Å²) in [7, 11) is -1.34. The van der Waals surface area contributed by atoms with Crippen molar-refractivity contribution < 1.29 is 24.5 Å². The van der Waals surface area contributed by atoms with E-state index >= 15 is 0 Å². The van der Waals surface area contributed by atoms with Crippen molar-refractivity contribution in [3.05, 3.63) is 138 Å². The van der Waals surface area contributed by atoms with Gasteiger partial charge in [-0.2, -0.15) is 11.3 Å². The second-order valence-corrected chi connectivity index (χ2v) is 20.5. The van der Waals surface area contributed by atoms with Crippen molar-refractivity contribution in [2.45, 2.75) is 60.7 Å². The standard InChI is InChI=1S/C26H19FNS.C18H24NSi.Ir/c1-15-11-16(2)25(17(3)12-15)21-13-23(28-14-22(21)27)20-9-6-8-19-18-7-4-5-10-24(18)29-26(19)20;1-14(2)11-16-12-17(15-9-7-6-8-10-15)19-13-18(16)20(3,4)5;/h4-8,10-14H,1-3H3;6-9,12-14H,11H2,1-5H3;/q2*-1;. The molecule has 0 amide bonds. The zero-order chi connectivity index (χ0) is 34.9. The van der Waals surface area contributed by atoms with E-state index in [1.54, 1.807) is 11.3 Å². The minimum atomic E-state index is -1.34. The average molecular weight is 871 g/mol. The van der Waals surface area contributed by atoms with Gasteiger partial charge in [0.2, 0.25) is 0 Å². The van der Waals surface area contributed by atoms with E-state index < -0.39 is 8.07 Å². The topological polar surface area (TPSA) is 25.8 Å². The third-order valence-electron chi connectivity index (χ3n) is 8.81. The van der Waals surface area contributed by atoms with Gasteiger partial charge in [-0.15, -0.1) is 59.7 Å². The van der Waals surface area contributed by atoms with Crippen LogP contribution < -0.4 is 5.19 Å². The van der Waals surface area contributed by atoms with Crippen molar-refractivity contribution in [2.75, 3.05) is 0 Å². The molecule has 4 aromatic carbocycles. The second kappa shape index (κ2) is 15.6. The summed E-state index contributed by atoms with van der Waals surface area (Å²) < 4.78 is 17.2. The molecular formula is C44H43FIrN2SSi-2. The first-order valence-corrected chi connectivity index (χ1v) is 21.2. The number of aromatic nitrogens is 2. The number of rotatable bonds is 6. The van der Waals surface area contributed by atoms with Crippen molar-refractivity contribution in [3.8, 4) is 33.6 Å². The van der Waals surface area contributed by atoms with Gasteiger partial charge in [-0.3, -0.25) is 0 Å². The van der Waals surface area contributed by atoms with Crippen molar-refractivity contribution in [2.24, 2.45) is 5.92 Å². The molecule has 0 bridgehead atoms. The number of halogens is 1. The van der Waals surface area contributed by atoms with E-state index in [2.05, 4.69) is 123 Å². The van der Waals surface area contributed by atoms with Gasteiger partial charge >= 0.3 is 0 Å². The van der Waals surface area contributed by atoms with E-state index in [4.69, 9.17) is 0 Å². The maximum atomic E-state index is 14.8. The molecule has 0 aliphatic carbocycles. The largest absolute Gasteiger partial charge is 0.305 e. The molecule has 0 N–H and O–H groups in total. The van der Waals surface area contributed by atoms with Gasteiger partial charge in [0, 0.05) is 36.6 Å². The van der Waals surface area contributed by atoms with Gasteiger partial charge in [-0.25, -0.2) is 4.39 Å². The average Bonchev–Trinajstić information content (AvgIpc) is 3.44. The normalized spacial score (nSPS) is 11.4. The molecular weight excluding hydrogens is 828 g/mol. The number of benzene rings is 4. The molecule has 6 heteroatoms. The maximum absolute atomic E-state index is 14.8. The van der Waals surface area contributed by atoms with Crippen LogP contribution in [0.3, 0.4) is 0 Å². The SMILES string of the molecule is CC(C)Cc1cc(-c2[c-]cccc2)ncc1[Si](C)(C)C.Cc1cc(C)c(-c2cc(-c3[c-]ccc4c3sc3ccccc34)ncc2F)c(C)c1.[Ir]. The molecule has 0 unspecified atom stereocenters. The molecule has 2 nitrogen and oxygen atoms in total. The first-order chi connectivity index (χ1) is 23.4. The van der Waals surface area contributed by atoms with Crippen LogP contribution in [0.15, 0.2) is 97.3 Å². The quantitative estimate of drug-likeness (QED) is 0.123. The Morgan fingerprint density at radius 3 is 2.16 bits per heavy atom. The number of hydrogen-bond acceptors (Lipinski definition) is 3. The van der Waals surface area contributed by atoms with Crippen LogP contribution in [0.1, 0.15) is 36.1 Å². The fourth-order valence-corrected chi connectivity index (χ4v) is 9.53. The van der Waals surface area contributed by atoms with Crippen molar-refractivity contribution >= 4 is 44.8 Å². The van der Waals surface area contributed by atoms with Crippen LogP contribution in [0.25, 0.3) is 53.8 Å². The summed E-state index contributed by atoms with van der Waals surface area (Å²) in [5, 5.41) is 3.91. The smallest absolute Gasteiger partial charge is 0.147 e. The van der Waals surface area contributed by atoms with Gasteiger partial charge in [0.15, 0.2) is 0 Å². The minimum absolute atomic E-state index is 0. The zero-order valence-corrected chi connectivity index (χ0v) is 34.2. The van der Waals surface area contributed by atoms with Gasteiger partial charge in [-0.1, -0.05) is 92.5 Å². The molecule has 0 atom stereocenters. The fourth-order valence-electron chi connectivity index (χ4n) is 6.73. The van der Waals surface area contributed by atoms with Crippen LogP contribution in [-0.2, 0) is 26.5 Å². The molecule has 7 aromatic rings. The summed E-state index contributed by atoms with van der Waals surface area (Å²) in [6.07, 6.45) is 4.57. The van der Waals surface area contributed by atoms with E-state index in [9.17, 15) is 4.39 Å². The Kier molecular flexibility index (Phi) is 11.7. The molecule has 7 rings (SSSR count). The molecule has 0 saturated carbocycles. The van der Waals surface area contributed by atoms with Gasteiger partial charge in [0.1, 0.15) is 5.82 Å². The van der Waals surface area contributed by atoms with Gasteiger partial charge in [-0.05, 0) is 82.5 Å². The third-order valence-corrected chi connectivity index (χ3v) is 12.1. The molecule has 0 spiro atoms. The summed E-state index contributed by atoms with van der Waals surface area (Å²) in [5.41, 5.74) is 10.1. The number of nitrogens with zero attached hydrogens (tertiary/aromatic N) is 2. The van der Waals surface area contributed by atoms with Gasteiger partial charge in [0.25, 0.3) is 0 Å². The first kappa shape index (κ1) is 37.5. The van der Waals surface area contributed by atoms with Crippen molar-refractivity contribution in [3.63, 3.8) is 0 Å². The Hall–Kier alpha value is -3.80. The Morgan fingerprint density at radius 1 is 0.780 bits per heavy atom. The minimum Gasteiger partial charge on any atom is -0.305 e. The molecule has 1 radical (unpaired) electrons. The molecule has 50 heavy (non-hydrogen) atoms. The number of fused-ring (bicyclic) bond motifs is 3. The van der Waals surface area contributed by atoms with Crippen molar-refractivity contribution in [1.29, 1.82) is 0 Å². The summed E-state index contributed by atoms with van der Waals surface area (Å²) in [6.45, 7) is 17.9. The molecule has 0 aliphatic rings. The number of aryl methyl sites for hydroxylation is 3. The monoisotopic (exact) mass is 871 g/mol. The molecule has 0 aliphatic heterocycles. The van der Waals surface area contributed by atoms with Gasteiger partial charge in [0.05, 0.1) is 14.3 Å². The zero-order valence-electron chi connectivity index (χ0n) is 30.0. The van der Waals surface area contributed by atoms with E-state index in [0.717, 1.165) is 50.3 Å². The van der Waals surface area contributed by atoms with E-state index in [1.807, 2.05) is 44.2 Å². The Morgan fingerprint density at radius 2 is 1.48 bits per heavy atom. The van der Waals surface area contributed by atoms with Crippen LogP contribution >= 0.6 is 11.3 Å². The fraction of sp³-hybridized carbons (Fsp3) is 0.227. The summed E-state index contributed by atoms with van der Waals surface area (Å²) in [5.74, 6) is 0.368. The molecule has 3 aromatic heterocycles. The van der Waals surface area contributed by atoms with Crippen LogP contribution in [0.5, 0.6) is 0 Å². The summed E-state index contributed by atoms with van der Waals surface area (Å²) >= 11 is 1.73. The third kappa shape index (κ3) is 8.05. The van der Waals surface area contributed by atoms with Crippen molar-refractivity contribution in [1.82, 2.24) is 9.97 Å². The van der Waals surface area contributed by atoms with Crippen LogP contribution in [0, 0.1) is 44.6 Å². The Labute approximate surface area is 315 Å². The maximum Gasteiger partial charge on any atom is 0.147 e. The number of pyridine rings is 2. The Bertz CT molecular complexity index is 2250. The first-order valence-electron chi connectivity index (χ1n) is 16.9. The van der Waals surface area contributed by atoms with E-state index in [0.29, 0.717) is 11.5 Å². The Balaban J connectivity index is 0.000000204.